The summed E-state index contributed by atoms with van der Waals surface area (Å²) in [5.41, 5.74) is 0.348. The van der Waals surface area contributed by atoms with Gasteiger partial charge >= 0.3 is 0 Å². The van der Waals surface area contributed by atoms with Crippen molar-refractivity contribution < 1.29 is 66.4 Å². The van der Waals surface area contributed by atoms with Crippen LogP contribution >= 0.6 is 6.49 Å². The summed E-state index contributed by atoms with van der Waals surface area (Å²) >= 11 is 5.17. The fourth-order valence-electron chi connectivity index (χ4n) is 4.59. The normalized spacial score (nSPS) is 12.8. The van der Waals surface area contributed by atoms with Gasteiger partial charge in [0.15, 0.2) is 0 Å². The molecule has 338 valence electrons. The van der Waals surface area contributed by atoms with Crippen LogP contribution < -0.4 is 25.4 Å². The van der Waals surface area contributed by atoms with Crippen molar-refractivity contribution in [3.05, 3.63) is 29.8 Å². The standard InChI is InChI=1S/C37H67N4O14PS.CH4/c1-31(2)56(45,57)55-33-8-6-32(7-9-33)28-34(37(44)40-12-15-51-24-27-54-21-18-48-5)41(29-35(42)38-10-13-49-22-25-52-19-16-46-3)30-36(43)39-11-14-50-23-26-53-20-17-47-4;/h6-9,31,34H,10-30H2,1-5H3,(H,38,42)(H,39,43)(H,40,44)(H,45,57);1H4/p-1. The van der Waals surface area contributed by atoms with Gasteiger partial charge in [-0.15, -0.1) is 0 Å². The molecule has 0 radical (unpaired) electrons. The minimum Gasteiger partial charge on any atom is -0.791 e. The molecule has 0 aliphatic carbocycles. The number of methoxy groups -OCH3 is 3. The summed E-state index contributed by atoms with van der Waals surface area (Å²) in [7, 11) is 4.78. The Kier molecular flexibility index (Phi) is 35.0. The summed E-state index contributed by atoms with van der Waals surface area (Å²) in [6.07, 6.45) is 0.120. The molecule has 3 amide bonds. The predicted molar refractivity (Wildman–Crippen MR) is 222 cm³/mol. The van der Waals surface area contributed by atoms with Gasteiger partial charge in [-0.25, -0.2) is 0 Å². The molecule has 3 N–H and O–H groups in total. The summed E-state index contributed by atoms with van der Waals surface area (Å²) in [4.78, 5) is 54.6. The second kappa shape index (κ2) is 36.5. The number of rotatable bonds is 38. The molecule has 0 saturated carbocycles. The van der Waals surface area contributed by atoms with Crippen molar-refractivity contribution in [3.8, 4) is 5.75 Å². The largest absolute Gasteiger partial charge is 0.791 e. The van der Waals surface area contributed by atoms with Gasteiger partial charge in [0.25, 0.3) is 0 Å². The van der Waals surface area contributed by atoms with Crippen LogP contribution in [0.3, 0.4) is 0 Å². The smallest absolute Gasteiger partial charge is 0.237 e. The van der Waals surface area contributed by atoms with E-state index in [4.69, 9.17) is 59.0 Å². The summed E-state index contributed by atoms with van der Waals surface area (Å²) in [5.74, 6) is -0.904. The van der Waals surface area contributed by atoms with Crippen molar-refractivity contribution >= 4 is 36.0 Å². The lowest BCUT2D eigenvalue weighted by Gasteiger charge is -2.32. The zero-order valence-electron chi connectivity index (χ0n) is 34.3. The topological polar surface area (TPSA) is 206 Å². The molecule has 0 saturated heterocycles. The quantitative estimate of drug-likeness (QED) is 0.0607. The lowest BCUT2D eigenvalue weighted by Crippen LogP contribution is -2.54. The van der Waals surface area contributed by atoms with Crippen molar-refractivity contribution in [1.29, 1.82) is 0 Å². The molecule has 1 aromatic carbocycles. The molecule has 58 heavy (non-hydrogen) atoms. The number of hydrogen-bond acceptors (Lipinski definition) is 16. The molecule has 1 rings (SSSR count). The van der Waals surface area contributed by atoms with Gasteiger partial charge in [0.05, 0.1) is 118 Å². The third-order valence-electron chi connectivity index (χ3n) is 7.75. The second-order valence-electron chi connectivity index (χ2n) is 12.6. The number of carbonyl (C=O) groups is 3. The Morgan fingerprint density at radius 2 is 0.983 bits per heavy atom. The van der Waals surface area contributed by atoms with Crippen LogP contribution in [0.1, 0.15) is 26.8 Å². The number of nitrogens with zero attached hydrogens (tertiary/aromatic N) is 1. The van der Waals surface area contributed by atoms with E-state index >= 15 is 0 Å². The molecule has 0 spiro atoms. The minimum absolute atomic E-state index is 0. The molecule has 0 aliphatic heterocycles. The van der Waals surface area contributed by atoms with Crippen molar-refractivity contribution in [2.24, 2.45) is 0 Å². The highest BCUT2D eigenvalue weighted by Gasteiger charge is 2.29. The number of amides is 3. The van der Waals surface area contributed by atoms with E-state index in [0.717, 1.165) is 0 Å². The van der Waals surface area contributed by atoms with Crippen LogP contribution in [-0.2, 0) is 75.2 Å². The Bertz CT molecular complexity index is 1200. The van der Waals surface area contributed by atoms with E-state index in [1.807, 2.05) is 0 Å². The van der Waals surface area contributed by atoms with E-state index in [1.165, 1.54) is 4.90 Å². The summed E-state index contributed by atoms with van der Waals surface area (Å²) in [5, 5.41) is 8.48. The lowest BCUT2D eigenvalue weighted by atomic mass is 10.0. The first-order valence-electron chi connectivity index (χ1n) is 19.1. The maximum Gasteiger partial charge on any atom is 0.237 e. The van der Waals surface area contributed by atoms with Gasteiger partial charge in [0.2, 0.25) is 17.7 Å². The molecule has 0 fully saturated rings. The van der Waals surface area contributed by atoms with Crippen LogP contribution in [-0.4, -0.2) is 187 Å². The summed E-state index contributed by atoms with van der Waals surface area (Å²) < 4.78 is 53.3. The van der Waals surface area contributed by atoms with Crippen LogP contribution in [0.2, 0.25) is 0 Å². The predicted octanol–water partition coefficient (Wildman–Crippen LogP) is 0.380. The fourth-order valence-corrected chi connectivity index (χ4v) is 5.47. The number of ether oxygens (including phenoxy) is 9. The first-order valence-corrected chi connectivity index (χ1v) is 21.8. The second-order valence-corrected chi connectivity index (χ2v) is 16.5. The van der Waals surface area contributed by atoms with Gasteiger partial charge in [-0.3, -0.25) is 19.3 Å². The van der Waals surface area contributed by atoms with Gasteiger partial charge in [-0.05, 0) is 24.1 Å². The van der Waals surface area contributed by atoms with E-state index in [2.05, 4.69) is 16.0 Å². The highest BCUT2D eigenvalue weighted by Crippen LogP contribution is 2.43. The molecule has 20 heteroatoms. The van der Waals surface area contributed by atoms with Crippen LogP contribution in [0.15, 0.2) is 24.3 Å². The summed E-state index contributed by atoms with van der Waals surface area (Å²) in [6.45, 7) is 5.83. The number of nitrogens with one attached hydrogen (secondary N) is 3. The monoisotopic (exact) mass is 869 g/mol. The molecule has 0 aromatic heterocycles. The zero-order valence-corrected chi connectivity index (χ0v) is 36.0. The first-order chi connectivity index (χ1) is 27.5. The minimum atomic E-state index is -3.31. The number of carbonyl (C=O) groups excluding carboxylic acids is 3. The van der Waals surface area contributed by atoms with Gasteiger partial charge in [0, 0.05) is 53.1 Å². The van der Waals surface area contributed by atoms with E-state index in [0.29, 0.717) is 90.6 Å². The first kappa shape index (κ1) is 55.6. The Morgan fingerprint density at radius 1 is 0.621 bits per heavy atom. The Balaban J connectivity index is 0.0000325. The van der Waals surface area contributed by atoms with Gasteiger partial charge in [0.1, 0.15) is 5.75 Å². The number of hydrogen-bond donors (Lipinski definition) is 3. The average Bonchev–Trinajstić information content (AvgIpc) is 3.18. The Morgan fingerprint density at radius 3 is 1.36 bits per heavy atom. The van der Waals surface area contributed by atoms with Crippen LogP contribution in [0.25, 0.3) is 0 Å². The zero-order chi connectivity index (χ0) is 42.0. The molecule has 0 bridgehead atoms. The van der Waals surface area contributed by atoms with Crippen molar-refractivity contribution in [2.75, 3.05) is 153 Å². The molecule has 2 atom stereocenters. The molecule has 1 aromatic rings. The van der Waals surface area contributed by atoms with Gasteiger partial charge in [-0.2, -0.15) is 0 Å². The van der Waals surface area contributed by atoms with E-state index in [1.54, 1.807) is 59.4 Å². The van der Waals surface area contributed by atoms with Gasteiger partial charge < -0.3 is 68.0 Å². The molecular weight excluding hydrogens is 799 g/mol. The van der Waals surface area contributed by atoms with Crippen LogP contribution in [0.4, 0.5) is 0 Å². The fraction of sp³-hybridized carbons (Fsp3) is 0.763. The molecule has 18 nitrogen and oxygen atoms in total. The molecule has 2 unspecified atom stereocenters. The van der Waals surface area contributed by atoms with E-state index in [9.17, 15) is 19.3 Å². The average molecular weight is 870 g/mol. The third kappa shape index (κ3) is 29.0. The SMILES string of the molecule is C.COCCOCCOCCNC(=O)CN(CC(=O)NCCOCCOCCOC)C(Cc1ccc(OP([O-])(=S)C(C)C)cc1)C(=O)NCCOCCOCCOC. The summed E-state index contributed by atoms with van der Waals surface area (Å²) in [6, 6.07) is 5.74. The Labute approximate surface area is 350 Å². The molecular formula is C38H70N4O14PS-. The van der Waals surface area contributed by atoms with E-state index in [-0.39, 0.29) is 72.1 Å². The van der Waals surface area contributed by atoms with Crippen LogP contribution in [0.5, 0.6) is 5.75 Å². The van der Waals surface area contributed by atoms with Crippen LogP contribution in [0, 0.1) is 0 Å². The maximum atomic E-state index is 13.9. The van der Waals surface area contributed by atoms with Gasteiger partial charge in [-0.1, -0.05) is 45.2 Å². The highest BCUT2D eigenvalue weighted by molar-refractivity contribution is 8.09. The molecule has 0 heterocycles. The Hall–Kier alpha value is -2.36. The van der Waals surface area contributed by atoms with E-state index < -0.39 is 30.3 Å². The van der Waals surface area contributed by atoms with Crippen molar-refractivity contribution in [2.45, 2.75) is 39.4 Å². The lowest BCUT2D eigenvalue weighted by molar-refractivity contribution is -0.177. The van der Waals surface area contributed by atoms with Crippen molar-refractivity contribution in [1.82, 2.24) is 20.9 Å². The maximum absolute atomic E-state index is 13.9. The highest BCUT2D eigenvalue weighted by atomic mass is 32.5. The van der Waals surface area contributed by atoms with Crippen molar-refractivity contribution in [3.63, 3.8) is 0 Å². The molecule has 0 aliphatic rings. The third-order valence-corrected chi connectivity index (χ3v) is 11.0. The number of benzene rings is 1.